The van der Waals surface area contributed by atoms with Crippen LogP contribution in [0.2, 0.25) is 0 Å². The van der Waals surface area contributed by atoms with Crippen LogP contribution in [0, 0.1) is 0 Å². The topological polar surface area (TPSA) is 38.2 Å². The molecule has 0 atom stereocenters. The van der Waals surface area contributed by atoms with E-state index >= 15 is 0 Å². The molecule has 0 aliphatic heterocycles. The molecule has 1 saturated carbocycles. The zero-order chi connectivity index (χ0) is 11.4. The summed E-state index contributed by atoms with van der Waals surface area (Å²) in [6.07, 6.45) is 8.25. The molecule has 0 aromatic carbocycles. The first-order chi connectivity index (χ1) is 7.81. The van der Waals surface area contributed by atoms with E-state index in [1.165, 1.54) is 32.1 Å². The van der Waals surface area contributed by atoms with Gasteiger partial charge in [-0.25, -0.2) is 4.98 Å². The lowest BCUT2D eigenvalue weighted by Crippen LogP contribution is -2.34. The Bertz CT molecular complexity index is 337. The molecule has 0 amide bonds. The van der Waals surface area contributed by atoms with Crippen molar-refractivity contribution in [2.24, 2.45) is 0 Å². The summed E-state index contributed by atoms with van der Waals surface area (Å²) in [5.41, 5.74) is 0. The average molecular weight is 221 g/mol. The van der Waals surface area contributed by atoms with Gasteiger partial charge in [0.2, 0.25) is 11.8 Å². The van der Waals surface area contributed by atoms with E-state index in [4.69, 9.17) is 4.74 Å². The van der Waals surface area contributed by atoms with Crippen LogP contribution in [0.1, 0.15) is 32.1 Å². The lowest BCUT2D eigenvalue weighted by Gasteiger charge is -2.31. The zero-order valence-electron chi connectivity index (χ0n) is 10.0. The minimum atomic E-state index is 0.584. The predicted octanol–water partition coefficient (Wildman–Crippen LogP) is 2.25. The summed E-state index contributed by atoms with van der Waals surface area (Å²) in [7, 11) is 3.71. The van der Waals surface area contributed by atoms with Crippen molar-refractivity contribution in [3.63, 3.8) is 0 Å². The minimum Gasteiger partial charge on any atom is -0.481 e. The van der Waals surface area contributed by atoms with Gasteiger partial charge in [-0.05, 0) is 12.8 Å². The summed E-state index contributed by atoms with van der Waals surface area (Å²) < 4.78 is 5.11. The highest BCUT2D eigenvalue weighted by Gasteiger charge is 2.20. The smallest absolute Gasteiger partial charge is 0.228 e. The van der Waals surface area contributed by atoms with E-state index in [9.17, 15) is 0 Å². The first-order valence-electron chi connectivity index (χ1n) is 5.91. The van der Waals surface area contributed by atoms with Crippen LogP contribution in [0.3, 0.4) is 0 Å². The van der Waals surface area contributed by atoms with Crippen LogP contribution in [0.5, 0.6) is 5.88 Å². The van der Waals surface area contributed by atoms with Crippen molar-refractivity contribution in [2.75, 3.05) is 19.1 Å². The van der Waals surface area contributed by atoms with Crippen LogP contribution in [-0.4, -0.2) is 30.2 Å². The summed E-state index contributed by atoms with van der Waals surface area (Å²) in [5, 5.41) is 0. The highest BCUT2D eigenvalue weighted by atomic mass is 16.5. The van der Waals surface area contributed by atoms with Gasteiger partial charge in [0.15, 0.2) is 0 Å². The Hall–Kier alpha value is -1.32. The molecule has 1 fully saturated rings. The molecule has 1 aliphatic carbocycles. The lowest BCUT2D eigenvalue weighted by atomic mass is 9.95. The first kappa shape index (κ1) is 11.2. The molecule has 2 rings (SSSR count). The third-order valence-electron chi connectivity index (χ3n) is 3.26. The SMILES string of the molecule is COc1ccnc(N(C)C2CCCCC2)n1. The molecule has 0 radical (unpaired) electrons. The third-order valence-corrected chi connectivity index (χ3v) is 3.26. The molecule has 4 nitrogen and oxygen atoms in total. The second-order valence-electron chi connectivity index (χ2n) is 4.30. The van der Waals surface area contributed by atoms with Gasteiger partial charge in [0, 0.05) is 25.4 Å². The minimum absolute atomic E-state index is 0.584. The van der Waals surface area contributed by atoms with Gasteiger partial charge in [0.25, 0.3) is 0 Å². The zero-order valence-corrected chi connectivity index (χ0v) is 10.0. The lowest BCUT2D eigenvalue weighted by molar-refractivity contribution is 0.392. The Morgan fingerprint density at radius 1 is 1.31 bits per heavy atom. The highest BCUT2D eigenvalue weighted by Crippen LogP contribution is 2.24. The Morgan fingerprint density at radius 3 is 2.75 bits per heavy atom. The number of anilines is 1. The predicted molar refractivity (Wildman–Crippen MR) is 63.9 cm³/mol. The van der Waals surface area contributed by atoms with Gasteiger partial charge in [-0.3, -0.25) is 0 Å². The van der Waals surface area contributed by atoms with Gasteiger partial charge in [0.05, 0.1) is 7.11 Å². The van der Waals surface area contributed by atoms with E-state index in [0.29, 0.717) is 11.9 Å². The Morgan fingerprint density at radius 2 is 2.06 bits per heavy atom. The molecule has 1 aliphatic rings. The molecule has 0 saturated heterocycles. The van der Waals surface area contributed by atoms with Crippen LogP contribution in [-0.2, 0) is 0 Å². The maximum atomic E-state index is 5.11. The normalized spacial score (nSPS) is 17.1. The van der Waals surface area contributed by atoms with Crippen molar-refractivity contribution in [2.45, 2.75) is 38.1 Å². The summed E-state index contributed by atoms with van der Waals surface area (Å²) in [6.45, 7) is 0. The molecule has 4 heteroatoms. The van der Waals surface area contributed by atoms with E-state index in [2.05, 4.69) is 21.9 Å². The largest absolute Gasteiger partial charge is 0.481 e. The number of rotatable bonds is 3. The van der Waals surface area contributed by atoms with Crippen LogP contribution < -0.4 is 9.64 Å². The van der Waals surface area contributed by atoms with Gasteiger partial charge in [-0.2, -0.15) is 4.98 Å². The van der Waals surface area contributed by atoms with Gasteiger partial charge in [-0.1, -0.05) is 19.3 Å². The quantitative estimate of drug-likeness (QED) is 0.784. The highest BCUT2D eigenvalue weighted by molar-refractivity contribution is 5.32. The van der Waals surface area contributed by atoms with Crippen LogP contribution in [0.4, 0.5) is 5.95 Å². The number of hydrogen-bond acceptors (Lipinski definition) is 4. The molecule has 16 heavy (non-hydrogen) atoms. The van der Waals surface area contributed by atoms with E-state index in [1.54, 1.807) is 19.4 Å². The number of hydrogen-bond donors (Lipinski definition) is 0. The maximum absolute atomic E-state index is 5.11. The molecule has 0 spiro atoms. The summed E-state index contributed by atoms with van der Waals surface area (Å²) in [6, 6.07) is 2.36. The van der Waals surface area contributed by atoms with Crippen molar-refractivity contribution in [1.82, 2.24) is 9.97 Å². The van der Waals surface area contributed by atoms with E-state index < -0.39 is 0 Å². The van der Waals surface area contributed by atoms with E-state index in [-0.39, 0.29) is 0 Å². The molecule has 1 heterocycles. The fourth-order valence-corrected chi connectivity index (χ4v) is 2.25. The van der Waals surface area contributed by atoms with Crippen molar-refractivity contribution in [3.8, 4) is 5.88 Å². The number of ether oxygens (including phenoxy) is 1. The van der Waals surface area contributed by atoms with Crippen molar-refractivity contribution >= 4 is 5.95 Å². The summed E-state index contributed by atoms with van der Waals surface area (Å²) >= 11 is 0. The molecule has 0 N–H and O–H groups in total. The van der Waals surface area contributed by atoms with Gasteiger partial charge >= 0.3 is 0 Å². The Balaban J connectivity index is 2.09. The second kappa shape index (κ2) is 5.14. The molecule has 88 valence electrons. The van der Waals surface area contributed by atoms with Crippen LogP contribution >= 0.6 is 0 Å². The third kappa shape index (κ3) is 2.43. The second-order valence-corrected chi connectivity index (χ2v) is 4.30. The van der Waals surface area contributed by atoms with Crippen molar-refractivity contribution < 1.29 is 4.74 Å². The van der Waals surface area contributed by atoms with E-state index in [0.717, 1.165) is 5.95 Å². The number of methoxy groups -OCH3 is 1. The molecule has 0 bridgehead atoms. The van der Waals surface area contributed by atoms with E-state index in [1.807, 2.05) is 0 Å². The monoisotopic (exact) mass is 221 g/mol. The summed E-state index contributed by atoms with van der Waals surface area (Å²) in [5.74, 6) is 1.40. The van der Waals surface area contributed by atoms with Crippen LogP contribution in [0.25, 0.3) is 0 Å². The first-order valence-corrected chi connectivity index (χ1v) is 5.91. The fourth-order valence-electron chi connectivity index (χ4n) is 2.25. The van der Waals surface area contributed by atoms with Gasteiger partial charge in [0.1, 0.15) is 0 Å². The Labute approximate surface area is 96.7 Å². The molecular weight excluding hydrogens is 202 g/mol. The van der Waals surface area contributed by atoms with Gasteiger partial charge < -0.3 is 9.64 Å². The average Bonchev–Trinajstić information content (AvgIpc) is 2.39. The Kier molecular flexibility index (Phi) is 3.59. The molecular formula is C12H19N3O. The number of aromatic nitrogens is 2. The molecule has 1 aromatic heterocycles. The molecule has 1 aromatic rings. The standard InChI is InChI=1S/C12H19N3O/c1-15(10-6-4-3-5-7-10)12-13-9-8-11(14-12)16-2/h8-10H,3-7H2,1-2H3. The maximum Gasteiger partial charge on any atom is 0.228 e. The number of nitrogens with zero attached hydrogens (tertiary/aromatic N) is 3. The van der Waals surface area contributed by atoms with Crippen molar-refractivity contribution in [3.05, 3.63) is 12.3 Å². The molecule has 0 unspecified atom stereocenters. The van der Waals surface area contributed by atoms with Gasteiger partial charge in [-0.15, -0.1) is 0 Å². The fraction of sp³-hybridized carbons (Fsp3) is 0.667. The summed E-state index contributed by atoms with van der Waals surface area (Å²) in [4.78, 5) is 10.8. The van der Waals surface area contributed by atoms with Crippen LogP contribution in [0.15, 0.2) is 12.3 Å². The van der Waals surface area contributed by atoms with Crippen molar-refractivity contribution in [1.29, 1.82) is 0 Å².